The van der Waals surface area contributed by atoms with E-state index in [1.165, 1.54) is 0 Å². The van der Waals surface area contributed by atoms with E-state index >= 15 is 0 Å². The molecule has 0 heterocycles. The van der Waals surface area contributed by atoms with Crippen LogP contribution >= 0.6 is 27.5 Å². The van der Waals surface area contributed by atoms with Crippen LogP contribution in [-0.2, 0) is 0 Å². The maximum Gasteiger partial charge on any atom is 0.133 e. The van der Waals surface area contributed by atoms with Crippen LogP contribution in [0.15, 0.2) is 40.9 Å². The molecule has 1 atom stereocenters. The topological polar surface area (TPSA) is 29.5 Å². The van der Waals surface area contributed by atoms with E-state index in [-0.39, 0.29) is 0 Å². The number of hydrogen-bond acceptors (Lipinski definition) is 2. The molecule has 0 fully saturated rings. The predicted octanol–water partition coefficient (Wildman–Crippen LogP) is 5.28. The zero-order chi connectivity index (χ0) is 15.4. The summed E-state index contributed by atoms with van der Waals surface area (Å²) in [5, 5.41) is 11.1. The quantitative estimate of drug-likeness (QED) is 0.777. The Hall–Kier alpha value is -1.03. The molecule has 0 saturated heterocycles. The number of benzene rings is 2. The molecule has 112 valence electrons. The van der Waals surface area contributed by atoms with Gasteiger partial charge in [-0.05, 0) is 58.6 Å². The molecular weight excluding hydrogens is 352 g/mol. The van der Waals surface area contributed by atoms with Crippen LogP contribution in [0.5, 0.6) is 5.75 Å². The summed E-state index contributed by atoms with van der Waals surface area (Å²) in [5.74, 6) is 0.780. The van der Waals surface area contributed by atoms with Crippen molar-refractivity contribution in [1.29, 1.82) is 0 Å². The van der Waals surface area contributed by atoms with Gasteiger partial charge in [-0.1, -0.05) is 36.7 Å². The third kappa shape index (κ3) is 4.00. The van der Waals surface area contributed by atoms with Crippen LogP contribution in [0.2, 0.25) is 5.02 Å². The van der Waals surface area contributed by atoms with Crippen molar-refractivity contribution in [2.24, 2.45) is 0 Å². The van der Waals surface area contributed by atoms with Gasteiger partial charge in [-0.25, -0.2) is 0 Å². The first kappa shape index (κ1) is 16.3. The number of aliphatic hydroxyl groups is 1. The lowest BCUT2D eigenvalue weighted by molar-refractivity contribution is 0.220. The van der Waals surface area contributed by atoms with Gasteiger partial charge in [-0.3, -0.25) is 0 Å². The molecule has 0 amide bonds. The minimum atomic E-state index is -0.755. The van der Waals surface area contributed by atoms with Crippen LogP contribution in [0.1, 0.15) is 36.1 Å². The number of hydrogen-bond donors (Lipinski definition) is 1. The molecule has 0 bridgehead atoms. The third-order valence-corrected chi connectivity index (χ3v) is 4.13. The van der Waals surface area contributed by atoms with Crippen molar-refractivity contribution >= 4 is 27.5 Å². The van der Waals surface area contributed by atoms with Crippen LogP contribution in [0.4, 0.5) is 0 Å². The Balaban J connectivity index is 2.27. The highest BCUT2D eigenvalue weighted by Crippen LogP contribution is 2.33. The average molecular weight is 370 g/mol. The molecule has 2 aromatic carbocycles. The van der Waals surface area contributed by atoms with E-state index in [2.05, 4.69) is 22.9 Å². The molecule has 0 aliphatic carbocycles. The van der Waals surface area contributed by atoms with Crippen molar-refractivity contribution in [3.05, 3.63) is 62.6 Å². The first-order valence-corrected chi connectivity index (χ1v) is 8.06. The molecule has 0 aromatic heterocycles. The Morgan fingerprint density at radius 2 is 2.00 bits per heavy atom. The summed E-state index contributed by atoms with van der Waals surface area (Å²) in [5.41, 5.74) is 2.55. The lowest BCUT2D eigenvalue weighted by atomic mass is 10.0. The zero-order valence-corrected chi connectivity index (χ0v) is 14.4. The van der Waals surface area contributed by atoms with Gasteiger partial charge in [-0.2, -0.15) is 0 Å². The second-order valence-electron chi connectivity index (χ2n) is 4.97. The minimum Gasteiger partial charge on any atom is -0.492 e. The van der Waals surface area contributed by atoms with Crippen LogP contribution in [0, 0.1) is 6.92 Å². The minimum absolute atomic E-state index is 0.574. The van der Waals surface area contributed by atoms with Crippen LogP contribution in [-0.4, -0.2) is 11.7 Å². The van der Waals surface area contributed by atoms with Crippen molar-refractivity contribution < 1.29 is 9.84 Å². The van der Waals surface area contributed by atoms with E-state index in [0.29, 0.717) is 17.2 Å². The number of aliphatic hydroxyl groups excluding tert-OH is 1. The Morgan fingerprint density at radius 3 is 2.62 bits per heavy atom. The van der Waals surface area contributed by atoms with E-state index in [1.807, 2.05) is 43.3 Å². The first-order chi connectivity index (χ1) is 10.0. The van der Waals surface area contributed by atoms with E-state index in [4.69, 9.17) is 16.3 Å². The molecule has 1 N–H and O–H groups in total. The number of ether oxygens (including phenoxy) is 1. The van der Waals surface area contributed by atoms with Gasteiger partial charge in [-0.15, -0.1) is 0 Å². The zero-order valence-electron chi connectivity index (χ0n) is 12.1. The SMILES string of the molecule is CCCOc1ccc(C(O)c2ccc(C)cc2Cl)cc1Br. The highest BCUT2D eigenvalue weighted by molar-refractivity contribution is 9.10. The molecule has 0 aliphatic rings. The van der Waals surface area contributed by atoms with E-state index in [0.717, 1.165) is 27.8 Å². The summed E-state index contributed by atoms with van der Waals surface area (Å²) in [6.07, 6.45) is 0.199. The maximum atomic E-state index is 10.5. The predicted molar refractivity (Wildman–Crippen MR) is 90.2 cm³/mol. The number of aryl methyl sites for hydroxylation is 1. The fourth-order valence-electron chi connectivity index (χ4n) is 2.05. The number of rotatable bonds is 5. The second kappa shape index (κ2) is 7.30. The Bertz CT molecular complexity index is 628. The fourth-order valence-corrected chi connectivity index (χ4v) is 2.90. The molecule has 0 spiro atoms. The van der Waals surface area contributed by atoms with Crippen molar-refractivity contribution in [2.45, 2.75) is 26.4 Å². The smallest absolute Gasteiger partial charge is 0.133 e. The third-order valence-electron chi connectivity index (χ3n) is 3.18. The normalized spacial score (nSPS) is 12.2. The van der Waals surface area contributed by atoms with Gasteiger partial charge < -0.3 is 9.84 Å². The van der Waals surface area contributed by atoms with Gasteiger partial charge in [0, 0.05) is 10.6 Å². The molecule has 0 saturated carbocycles. The van der Waals surface area contributed by atoms with Gasteiger partial charge in [0.1, 0.15) is 11.9 Å². The van der Waals surface area contributed by atoms with E-state index < -0.39 is 6.10 Å². The lowest BCUT2D eigenvalue weighted by Crippen LogP contribution is -2.02. The summed E-state index contributed by atoms with van der Waals surface area (Å²) in [4.78, 5) is 0. The van der Waals surface area contributed by atoms with Gasteiger partial charge in [0.2, 0.25) is 0 Å². The second-order valence-corrected chi connectivity index (χ2v) is 6.23. The average Bonchev–Trinajstić information content (AvgIpc) is 2.45. The highest BCUT2D eigenvalue weighted by Gasteiger charge is 2.15. The van der Waals surface area contributed by atoms with Gasteiger partial charge >= 0.3 is 0 Å². The molecule has 0 aliphatic heterocycles. The standard InChI is InChI=1S/C17H18BrClO2/c1-3-8-21-16-7-5-12(10-14(16)18)17(20)13-6-4-11(2)9-15(13)19/h4-7,9-10,17,20H,3,8H2,1-2H3. The summed E-state index contributed by atoms with van der Waals surface area (Å²) >= 11 is 9.70. The van der Waals surface area contributed by atoms with Crippen LogP contribution < -0.4 is 4.74 Å². The van der Waals surface area contributed by atoms with Gasteiger partial charge in [0.15, 0.2) is 0 Å². The van der Waals surface area contributed by atoms with E-state index in [1.54, 1.807) is 0 Å². The molecule has 2 nitrogen and oxygen atoms in total. The van der Waals surface area contributed by atoms with Crippen LogP contribution in [0.3, 0.4) is 0 Å². The Kier molecular flexibility index (Phi) is 5.68. The van der Waals surface area contributed by atoms with Crippen molar-refractivity contribution in [1.82, 2.24) is 0 Å². The molecule has 2 aromatic rings. The van der Waals surface area contributed by atoms with Crippen LogP contribution in [0.25, 0.3) is 0 Å². The van der Waals surface area contributed by atoms with Crippen molar-refractivity contribution in [3.8, 4) is 5.75 Å². The molecule has 21 heavy (non-hydrogen) atoms. The summed E-state index contributed by atoms with van der Waals surface area (Å²) in [7, 11) is 0. The summed E-state index contributed by atoms with van der Waals surface area (Å²) in [6, 6.07) is 11.2. The molecule has 4 heteroatoms. The first-order valence-electron chi connectivity index (χ1n) is 6.89. The van der Waals surface area contributed by atoms with E-state index in [9.17, 15) is 5.11 Å². The lowest BCUT2D eigenvalue weighted by Gasteiger charge is -2.15. The molecule has 0 radical (unpaired) electrons. The molecule has 2 rings (SSSR count). The van der Waals surface area contributed by atoms with Crippen molar-refractivity contribution in [2.75, 3.05) is 6.61 Å². The molecular formula is C17H18BrClO2. The molecule has 1 unspecified atom stereocenters. The largest absolute Gasteiger partial charge is 0.492 e. The fraction of sp³-hybridized carbons (Fsp3) is 0.294. The van der Waals surface area contributed by atoms with Gasteiger partial charge in [0.05, 0.1) is 11.1 Å². The summed E-state index contributed by atoms with van der Waals surface area (Å²) in [6.45, 7) is 4.70. The Labute approximate surface area is 138 Å². The van der Waals surface area contributed by atoms with Crippen molar-refractivity contribution in [3.63, 3.8) is 0 Å². The summed E-state index contributed by atoms with van der Waals surface area (Å²) < 4.78 is 6.44. The Morgan fingerprint density at radius 1 is 1.24 bits per heavy atom. The highest BCUT2D eigenvalue weighted by atomic mass is 79.9. The monoisotopic (exact) mass is 368 g/mol. The maximum absolute atomic E-state index is 10.5. The number of halogens is 2. The van der Waals surface area contributed by atoms with Gasteiger partial charge in [0.25, 0.3) is 0 Å².